The molecule has 0 saturated carbocycles. The standard InChI is InChI=1S/C8H7ClF2O2S/c1-5-7(10)3-2-6(8(5)11)4-14(9,12)13/h2-3H,4H2,1H3. The van der Waals surface area contributed by atoms with Crippen LogP contribution in [-0.2, 0) is 14.8 Å². The molecule has 14 heavy (non-hydrogen) atoms. The molecule has 0 amide bonds. The van der Waals surface area contributed by atoms with Crippen molar-refractivity contribution in [2.75, 3.05) is 0 Å². The Balaban J connectivity index is 3.19. The summed E-state index contributed by atoms with van der Waals surface area (Å²) in [5.74, 6) is -2.21. The van der Waals surface area contributed by atoms with Crippen LogP contribution in [0.4, 0.5) is 8.78 Å². The highest BCUT2D eigenvalue weighted by atomic mass is 35.7. The third-order valence-corrected chi connectivity index (χ3v) is 2.71. The molecule has 1 aromatic rings. The Morgan fingerprint density at radius 2 is 1.93 bits per heavy atom. The average molecular weight is 241 g/mol. The Labute approximate surface area is 84.9 Å². The van der Waals surface area contributed by atoms with Crippen LogP contribution < -0.4 is 0 Å². The first-order valence-corrected chi connectivity index (χ1v) is 6.15. The number of halogens is 3. The molecule has 0 N–H and O–H groups in total. The molecule has 1 rings (SSSR count). The van der Waals surface area contributed by atoms with Gasteiger partial charge in [0.1, 0.15) is 11.6 Å². The van der Waals surface area contributed by atoms with Crippen molar-refractivity contribution in [1.82, 2.24) is 0 Å². The maximum absolute atomic E-state index is 13.2. The highest BCUT2D eigenvalue weighted by Crippen LogP contribution is 2.19. The number of benzene rings is 1. The minimum Gasteiger partial charge on any atom is -0.212 e. The van der Waals surface area contributed by atoms with Crippen molar-refractivity contribution in [3.05, 3.63) is 34.9 Å². The van der Waals surface area contributed by atoms with E-state index in [-0.39, 0.29) is 11.1 Å². The van der Waals surface area contributed by atoms with Crippen LogP contribution in [0.1, 0.15) is 11.1 Å². The lowest BCUT2D eigenvalue weighted by Gasteiger charge is -2.04. The topological polar surface area (TPSA) is 34.1 Å². The van der Waals surface area contributed by atoms with Gasteiger partial charge in [-0.2, -0.15) is 0 Å². The van der Waals surface area contributed by atoms with Crippen LogP contribution in [0, 0.1) is 18.6 Å². The summed E-state index contributed by atoms with van der Waals surface area (Å²) in [4.78, 5) is 0. The van der Waals surface area contributed by atoms with Crippen molar-refractivity contribution >= 4 is 19.7 Å². The van der Waals surface area contributed by atoms with E-state index < -0.39 is 26.4 Å². The van der Waals surface area contributed by atoms with Crippen LogP contribution in [0.5, 0.6) is 0 Å². The lowest BCUT2D eigenvalue weighted by molar-refractivity contribution is 0.558. The molecular weight excluding hydrogens is 234 g/mol. The second-order valence-corrected chi connectivity index (χ2v) is 5.61. The van der Waals surface area contributed by atoms with Crippen LogP contribution in [0.25, 0.3) is 0 Å². The zero-order valence-electron chi connectivity index (χ0n) is 7.22. The Hall–Kier alpha value is -0.680. The van der Waals surface area contributed by atoms with Crippen molar-refractivity contribution in [3.8, 4) is 0 Å². The number of rotatable bonds is 2. The van der Waals surface area contributed by atoms with Crippen LogP contribution >= 0.6 is 10.7 Å². The summed E-state index contributed by atoms with van der Waals surface area (Å²) in [6, 6.07) is 2.08. The number of hydrogen-bond donors (Lipinski definition) is 0. The summed E-state index contributed by atoms with van der Waals surface area (Å²) in [7, 11) is 1.12. The van der Waals surface area contributed by atoms with Crippen LogP contribution in [0.3, 0.4) is 0 Å². The Bertz CT molecular complexity index is 457. The van der Waals surface area contributed by atoms with Gasteiger partial charge in [-0.25, -0.2) is 17.2 Å². The van der Waals surface area contributed by atoms with Gasteiger partial charge in [0.2, 0.25) is 9.05 Å². The quantitative estimate of drug-likeness (QED) is 0.744. The van der Waals surface area contributed by atoms with Gasteiger partial charge in [0.25, 0.3) is 0 Å². The van der Waals surface area contributed by atoms with E-state index in [4.69, 9.17) is 10.7 Å². The molecule has 0 aliphatic carbocycles. The average Bonchev–Trinajstić information content (AvgIpc) is 2.04. The van der Waals surface area contributed by atoms with E-state index in [1.807, 2.05) is 0 Å². The monoisotopic (exact) mass is 240 g/mol. The van der Waals surface area contributed by atoms with Gasteiger partial charge >= 0.3 is 0 Å². The van der Waals surface area contributed by atoms with E-state index in [1.165, 1.54) is 6.92 Å². The molecule has 1 aromatic carbocycles. The predicted molar refractivity (Wildman–Crippen MR) is 49.6 cm³/mol. The van der Waals surface area contributed by atoms with E-state index in [1.54, 1.807) is 0 Å². The first-order chi connectivity index (χ1) is 6.31. The fraction of sp³-hybridized carbons (Fsp3) is 0.250. The zero-order valence-corrected chi connectivity index (χ0v) is 8.79. The van der Waals surface area contributed by atoms with E-state index >= 15 is 0 Å². The Morgan fingerprint density at radius 1 is 1.36 bits per heavy atom. The summed E-state index contributed by atoms with van der Waals surface area (Å²) in [5, 5.41) is 0. The minimum atomic E-state index is -3.82. The maximum atomic E-state index is 13.2. The van der Waals surface area contributed by atoms with Gasteiger partial charge in [0.15, 0.2) is 0 Å². The molecule has 2 nitrogen and oxygen atoms in total. The minimum absolute atomic E-state index is 0.126. The summed E-state index contributed by atoms with van der Waals surface area (Å²) in [6.45, 7) is 1.23. The molecule has 0 bridgehead atoms. The highest BCUT2D eigenvalue weighted by Gasteiger charge is 2.14. The lowest BCUT2D eigenvalue weighted by atomic mass is 10.1. The maximum Gasteiger partial charge on any atom is 0.236 e. The molecule has 0 heterocycles. The van der Waals surface area contributed by atoms with Gasteiger partial charge < -0.3 is 0 Å². The summed E-state index contributed by atoms with van der Waals surface area (Å²) >= 11 is 0. The lowest BCUT2D eigenvalue weighted by Crippen LogP contribution is -2.01. The molecule has 0 spiro atoms. The molecule has 0 aliphatic heterocycles. The SMILES string of the molecule is Cc1c(F)ccc(CS(=O)(=O)Cl)c1F. The Kier molecular flexibility index (Phi) is 3.11. The molecule has 0 atom stereocenters. The van der Waals surface area contributed by atoms with Crippen molar-refractivity contribution in [2.45, 2.75) is 12.7 Å². The predicted octanol–water partition coefficient (Wildman–Crippen LogP) is 2.34. The van der Waals surface area contributed by atoms with Gasteiger partial charge in [0.05, 0.1) is 5.75 Å². The highest BCUT2D eigenvalue weighted by molar-refractivity contribution is 8.13. The zero-order chi connectivity index (χ0) is 10.9. The van der Waals surface area contributed by atoms with Gasteiger partial charge in [0, 0.05) is 21.8 Å². The van der Waals surface area contributed by atoms with E-state index in [2.05, 4.69) is 0 Å². The van der Waals surface area contributed by atoms with Crippen LogP contribution in [0.15, 0.2) is 12.1 Å². The van der Waals surface area contributed by atoms with Gasteiger partial charge in [-0.3, -0.25) is 0 Å². The normalized spacial score (nSPS) is 11.7. The molecule has 0 unspecified atom stereocenters. The smallest absolute Gasteiger partial charge is 0.212 e. The van der Waals surface area contributed by atoms with Crippen molar-refractivity contribution in [3.63, 3.8) is 0 Å². The first-order valence-electron chi connectivity index (χ1n) is 3.67. The van der Waals surface area contributed by atoms with E-state index in [0.29, 0.717) is 0 Å². The molecule has 78 valence electrons. The second kappa shape index (κ2) is 3.82. The summed E-state index contributed by atoms with van der Waals surface area (Å²) in [5.41, 5.74) is -0.332. The van der Waals surface area contributed by atoms with Crippen LogP contribution in [-0.4, -0.2) is 8.42 Å². The second-order valence-electron chi connectivity index (χ2n) is 2.83. The number of hydrogen-bond acceptors (Lipinski definition) is 2. The van der Waals surface area contributed by atoms with Gasteiger partial charge in [-0.1, -0.05) is 6.07 Å². The fourth-order valence-corrected chi connectivity index (χ4v) is 1.96. The van der Waals surface area contributed by atoms with Gasteiger partial charge in [-0.05, 0) is 13.0 Å². The summed E-state index contributed by atoms with van der Waals surface area (Å²) < 4.78 is 47.3. The van der Waals surface area contributed by atoms with E-state index in [0.717, 1.165) is 12.1 Å². The first kappa shape index (κ1) is 11.4. The van der Waals surface area contributed by atoms with Crippen LogP contribution in [0.2, 0.25) is 0 Å². The van der Waals surface area contributed by atoms with E-state index in [9.17, 15) is 17.2 Å². The third-order valence-electron chi connectivity index (χ3n) is 1.73. The molecule has 0 radical (unpaired) electrons. The Morgan fingerprint density at radius 3 is 2.43 bits per heavy atom. The van der Waals surface area contributed by atoms with Gasteiger partial charge in [-0.15, -0.1) is 0 Å². The van der Waals surface area contributed by atoms with Crippen molar-refractivity contribution < 1.29 is 17.2 Å². The molecule has 0 saturated heterocycles. The molecule has 0 aliphatic rings. The molecule has 0 fully saturated rings. The third kappa shape index (κ3) is 2.65. The molecule has 6 heteroatoms. The molecule has 0 aromatic heterocycles. The summed E-state index contributed by atoms with van der Waals surface area (Å²) in [6.07, 6.45) is 0. The van der Waals surface area contributed by atoms with Crippen molar-refractivity contribution in [2.24, 2.45) is 0 Å². The fourth-order valence-electron chi connectivity index (χ4n) is 1.01. The molecular formula is C8H7ClF2O2S. The largest absolute Gasteiger partial charge is 0.236 e. The van der Waals surface area contributed by atoms with Crippen molar-refractivity contribution in [1.29, 1.82) is 0 Å².